The van der Waals surface area contributed by atoms with Crippen LogP contribution in [-0.4, -0.2) is 23.4 Å². The van der Waals surface area contributed by atoms with Gasteiger partial charge in [0.1, 0.15) is 5.75 Å². The second kappa shape index (κ2) is 5.02. The lowest BCUT2D eigenvalue weighted by molar-refractivity contribution is -0.384. The van der Waals surface area contributed by atoms with E-state index in [1.807, 2.05) is 0 Å². The summed E-state index contributed by atoms with van der Waals surface area (Å²) in [6, 6.07) is 5.14. The van der Waals surface area contributed by atoms with Gasteiger partial charge in [0.15, 0.2) is 4.90 Å². The number of sulfone groups is 1. The molecule has 8 nitrogen and oxygen atoms in total. The number of aromatic hydroxyl groups is 1. The Labute approximate surface area is 118 Å². The first-order valence-corrected chi connectivity index (χ1v) is 7.14. The number of aromatic nitrogens is 1. The third-order valence-corrected chi connectivity index (χ3v) is 4.55. The largest absolute Gasteiger partial charge is 0.506 e. The Balaban J connectivity index is 2.63. The summed E-state index contributed by atoms with van der Waals surface area (Å²) in [5, 5.41) is 20.2. The molecule has 0 aliphatic carbocycles. The first-order chi connectivity index (χ1) is 9.73. The SMILES string of the molecule is Cc1cc(O)c(S(=O)(=O)c2ccc([N+](=O)[O-])cc2)c(=O)[nH]1. The summed E-state index contributed by atoms with van der Waals surface area (Å²) in [5.74, 6) is -0.672. The van der Waals surface area contributed by atoms with Crippen LogP contribution in [0.4, 0.5) is 5.69 Å². The molecule has 0 aliphatic rings. The molecular formula is C12H10N2O6S. The number of benzene rings is 1. The van der Waals surface area contributed by atoms with Crippen LogP contribution in [0, 0.1) is 17.0 Å². The fourth-order valence-electron chi connectivity index (χ4n) is 1.78. The zero-order chi connectivity index (χ0) is 15.8. The van der Waals surface area contributed by atoms with Gasteiger partial charge in [0.2, 0.25) is 9.84 Å². The molecule has 0 atom stereocenters. The van der Waals surface area contributed by atoms with Crippen molar-refractivity contribution in [3.8, 4) is 5.75 Å². The topological polar surface area (TPSA) is 130 Å². The van der Waals surface area contributed by atoms with Crippen molar-refractivity contribution in [1.29, 1.82) is 0 Å². The normalized spacial score (nSPS) is 11.3. The van der Waals surface area contributed by atoms with Gasteiger partial charge in [-0.3, -0.25) is 14.9 Å². The molecule has 2 aromatic rings. The lowest BCUT2D eigenvalue weighted by Gasteiger charge is -2.06. The number of hydrogen-bond donors (Lipinski definition) is 2. The fourth-order valence-corrected chi connectivity index (χ4v) is 3.14. The van der Waals surface area contributed by atoms with Crippen molar-refractivity contribution >= 4 is 15.5 Å². The van der Waals surface area contributed by atoms with Crippen molar-refractivity contribution in [3.63, 3.8) is 0 Å². The third kappa shape index (κ3) is 2.63. The second-order valence-corrected chi connectivity index (χ2v) is 6.14. The highest BCUT2D eigenvalue weighted by atomic mass is 32.2. The maximum absolute atomic E-state index is 12.3. The van der Waals surface area contributed by atoms with Gasteiger partial charge in [-0.25, -0.2) is 8.42 Å². The molecule has 1 aromatic carbocycles. The van der Waals surface area contributed by atoms with Gasteiger partial charge in [-0.2, -0.15) is 0 Å². The molecule has 2 rings (SSSR count). The maximum Gasteiger partial charge on any atom is 0.271 e. The lowest BCUT2D eigenvalue weighted by Crippen LogP contribution is -2.18. The van der Waals surface area contributed by atoms with Gasteiger partial charge < -0.3 is 10.1 Å². The smallest absolute Gasteiger partial charge is 0.271 e. The van der Waals surface area contributed by atoms with Gasteiger partial charge in [-0.05, 0) is 19.1 Å². The van der Waals surface area contributed by atoms with Crippen molar-refractivity contribution in [3.05, 3.63) is 56.5 Å². The zero-order valence-electron chi connectivity index (χ0n) is 10.7. The number of nitro benzene ring substituents is 1. The van der Waals surface area contributed by atoms with E-state index in [9.17, 15) is 28.4 Å². The summed E-state index contributed by atoms with van der Waals surface area (Å²) in [4.78, 5) is 22.8. The number of nitrogens with zero attached hydrogens (tertiary/aromatic N) is 1. The molecule has 0 saturated heterocycles. The number of aromatic amines is 1. The number of nitro groups is 1. The second-order valence-electron chi connectivity index (χ2n) is 4.25. The van der Waals surface area contributed by atoms with Crippen LogP contribution < -0.4 is 5.56 Å². The third-order valence-electron chi connectivity index (χ3n) is 2.73. The van der Waals surface area contributed by atoms with Crippen molar-refractivity contribution < 1.29 is 18.4 Å². The molecule has 2 N–H and O–H groups in total. The summed E-state index contributed by atoms with van der Waals surface area (Å²) in [5.41, 5.74) is -0.929. The van der Waals surface area contributed by atoms with Gasteiger partial charge in [0, 0.05) is 23.9 Å². The summed E-state index contributed by atoms with van der Waals surface area (Å²) < 4.78 is 24.6. The van der Waals surface area contributed by atoms with Crippen molar-refractivity contribution in [2.45, 2.75) is 16.7 Å². The fraction of sp³-hybridized carbons (Fsp3) is 0.0833. The zero-order valence-corrected chi connectivity index (χ0v) is 11.5. The molecule has 0 amide bonds. The molecule has 0 aliphatic heterocycles. The van der Waals surface area contributed by atoms with Crippen LogP contribution in [-0.2, 0) is 9.84 Å². The minimum atomic E-state index is -4.28. The Morgan fingerprint density at radius 3 is 2.29 bits per heavy atom. The van der Waals surface area contributed by atoms with Crippen LogP contribution >= 0.6 is 0 Å². The van der Waals surface area contributed by atoms with E-state index < -0.39 is 31.0 Å². The average molecular weight is 310 g/mol. The summed E-state index contributed by atoms with van der Waals surface area (Å²) in [6.45, 7) is 1.49. The van der Waals surface area contributed by atoms with Crippen molar-refractivity contribution in [2.24, 2.45) is 0 Å². The number of hydrogen-bond acceptors (Lipinski definition) is 6. The van der Waals surface area contributed by atoms with Crippen LogP contribution in [0.5, 0.6) is 5.75 Å². The Morgan fingerprint density at radius 1 is 1.24 bits per heavy atom. The molecule has 0 saturated carbocycles. The van der Waals surface area contributed by atoms with Crippen LogP contribution in [0.15, 0.2) is 44.9 Å². The number of H-pyrrole nitrogens is 1. The predicted octanol–water partition coefficient (Wildman–Crippen LogP) is 1.13. The maximum atomic E-state index is 12.3. The number of non-ortho nitro benzene ring substituents is 1. The quantitative estimate of drug-likeness (QED) is 0.645. The highest BCUT2D eigenvalue weighted by Crippen LogP contribution is 2.26. The number of pyridine rings is 1. The molecule has 1 aromatic heterocycles. The Hall–Kier alpha value is -2.68. The molecule has 0 unspecified atom stereocenters. The first kappa shape index (κ1) is 14.7. The predicted molar refractivity (Wildman–Crippen MR) is 72.0 cm³/mol. The van der Waals surface area contributed by atoms with Gasteiger partial charge in [0.25, 0.3) is 11.2 Å². The van der Waals surface area contributed by atoms with E-state index in [2.05, 4.69) is 4.98 Å². The molecule has 0 spiro atoms. The van der Waals surface area contributed by atoms with E-state index in [1.54, 1.807) is 0 Å². The minimum Gasteiger partial charge on any atom is -0.506 e. The van der Waals surface area contributed by atoms with Gasteiger partial charge in [0.05, 0.1) is 9.82 Å². The van der Waals surface area contributed by atoms with Crippen molar-refractivity contribution in [1.82, 2.24) is 4.98 Å². The molecular weight excluding hydrogens is 300 g/mol. The van der Waals surface area contributed by atoms with E-state index >= 15 is 0 Å². The van der Waals surface area contributed by atoms with Crippen LogP contribution in [0.1, 0.15) is 5.69 Å². The number of nitrogens with one attached hydrogen (secondary N) is 1. The van der Waals surface area contributed by atoms with E-state index in [4.69, 9.17) is 0 Å². The van der Waals surface area contributed by atoms with E-state index in [0.717, 1.165) is 30.3 Å². The Bertz CT molecular complexity index is 868. The van der Waals surface area contributed by atoms with Crippen LogP contribution in [0.25, 0.3) is 0 Å². The first-order valence-electron chi connectivity index (χ1n) is 5.66. The van der Waals surface area contributed by atoms with E-state index in [-0.39, 0.29) is 10.6 Å². The van der Waals surface area contributed by atoms with E-state index in [0.29, 0.717) is 5.69 Å². The minimum absolute atomic E-state index is 0.281. The number of aryl methyl sites for hydroxylation is 1. The van der Waals surface area contributed by atoms with Crippen molar-refractivity contribution in [2.75, 3.05) is 0 Å². The monoisotopic (exact) mass is 310 g/mol. The molecule has 0 fully saturated rings. The number of rotatable bonds is 3. The molecule has 21 heavy (non-hydrogen) atoms. The molecule has 0 bridgehead atoms. The molecule has 1 heterocycles. The van der Waals surface area contributed by atoms with Gasteiger partial charge in [-0.15, -0.1) is 0 Å². The average Bonchev–Trinajstić information content (AvgIpc) is 2.37. The molecule has 9 heteroatoms. The Morgan fingerprint density at radius 2 is 1.81 bits per heavy atom. The summed E-state index contributed by atoms with van der Waals surface area (Å²) in [7, 11) is -4.28. The molecule has 110 valence electrons. The Kier molecular flexibility index (Phi) is 3.52. The standard InChI is InChI=1S/C12H10N2O6S/c1-7-6-10(15)11(12(16)13-7)21(19,20)9-4-2-8(3-5-9)14(17)18/h2-6H,1H3,(H2,13,15,16). The highest BCUT2D eigenvalue weighted by molar-refractivity contribution is 7.91. The van der Waals surface area contributed by atoms with Crippen LogP contribution in [0.3, 0.4) is 0 Å². The van der Waals surface area contributed by atoms with Gasteiger partial charge in [-0.1, -0.05) is 0 Å². The summed E-state index contributed by atoms with van der Waals surface area (Å²) >= 11 is 0. The van der Waals surface area contributed by atoms with E-state index in [1.165, 1.54) is 6.92 Å². The molecule has 0 radical (unpaired) electrons. The van der Waals surface area contributed by atoms with Gasteiger partial charge >= 0.3 is 0 Å². The lowest BCUT2D eigenvalue weighted by atomic mass is 10.3. The highest BCUT2D eigenvalue weighted by Gasteiger charge is 2.26. The summed E-state index contributed by atoms with van der Waals surface area (Å²) in [6.07, 6.45) is 0. The van der Waals surface area contributed by atoms with Crippen LogP contribution in [0.2, 0.25) is 0 Å².